The first-order valence-electron chi connectivity index (χ1n) is 11.6. The lowest BCUT2D eigenvalue weighted by atomic mass is 9.90. The molecule has 2 fully saturated rings. The molecule has 2 aliphatic rings. The highest BCUT2D eigenvalue weighted by molar-refractivity contribution is 5.94. The van der Waals surface area contributed by atoms with Crippen LogP contribution in [0.3, 0.4) is 0 Å². The van der Waals surface area contributed by atoms with E-state index < -0.39 is 0 Å². The Labute approximate surface area is 192 Å². The highest BCUT2D eigenvalue weighted by atomic mass is 16.2. The van der Waals surface area contributed by atoms with Gasteiger partial charge in [-0.3, -0.25) is 14.2 Å². The predicted octanol–water partition coefficient (Wildman–Crippen LogP) is 2.86. The number of nitrogens with zero attached hydrogens (tertiary/aromatic N) is 6. The number of benzene rings is 1. The molecule has 1 amide bonds. The monoisotopic (exact) mass is 444 g/mol. The zero-order valence-corrected chi connectivity index (χ0v) is 18.9. The number of carbonyl (C=O) groups is 1. The molecule has 0 saturated carbocycles. The SMILES string of the molecule is Cn1c(N2CCCC(c3ccc(C(=O)N4CCCC4)cc3)C2)nc(-c2ccncn2)cc1=O. The van der Waals surface area contributed by atoms with Gasteiger partial charge in [-0.15, -0.1) is 0 Å². The van der Waals surface area contributed by atoms with Crippen molar-refractivity contribution in [1.29, 1.82) is 0 Å². The van der Waals surface area contributed by atoms with Gasteiger partial charge >= 0.3 is 0 Å². The molecule has 3 aromatic rings. The summed E-state index contributed by atoms with van der Waals surface area (Å²) in [6.45, 7) is 3.33. The second-order valence-corrected chi connectivity index (χ2v) is 8.84. The molecule has 170 valence electrons. The third-order valence-corrected chi connectivity index (χ3v) is 6.68. The van der Waals surface area contributed by atoms with Gasteiger partial charge in [0.2, 0.25) is 5.95 Å². The van der Waals surface area contributed by atoms with E-state index >= 15 is 0 Å². The number of anilines is 1. The van der Waals surface area contributed by atoms with Gasteiger partial charge in [0.15, 0.2) is 0 Å². The first-order valence-corrected chi connectivity index (χ1v) is 11.6. The lowest BCUT2D eigenvalue weighted by Gasteiger charge is -2.34. The summed E-state index contributed by atoms with van der Waals surface area (Å²) in [6, 6.07) is 11.4. The molecule has 2 saturated heterocycles. The van der Waals surface area contributed by atoms with E-state index in [-0.39, 0.29) is 11.5 Å². The Hall–Kier alpha value is -3.55. The van der Waals surface area contributed by atoms with Crippen LogP contribution in [-0.2, 0) is 7.05 Å². The molecule has 2 aromatic heterocycles. The standard InChI is InChI=1S/C25H28N6O2/c1-29-23(32)15-22(21-10-11-26-17-27-21)28-25(29)31-14-4-5-20(16-31)18-6-8-19(9-7-18)24(33)30-12-2-3-13-30/h6-11,15,17,20H,2-5,12-14,16H2,1H3. The van der Waals surface area contributed by atoms with Crippen molar-refractivity contribution in [1.82, 2.24) is 24.4 Å². The molecule has 0 aliphatic carbocycles. The normalized spacial score (nSPS) is 18.5. The Kier molecular flexibility index (Phi) is 5.90. The zero-order chi connectivity index (χ0) is 22.8. The van der Waals surface area contributed by atoms with Gasteiger partial charge in [-0.2, -0.15) is 0 Å². The number of carbonyl (C=O) groups excluding carboxylic acids is 1. The van der Waals surface area contributed by atoms with Crippen LogP contribution in [0.2, 0.25) is 0 Å². The number of likely N-dealkylation sites (tertiary alicyclic amines) is 1. The van der Waals surface area contributed by atoms with Gasteiger partial charge in [0.25, 0.3) is 11.5 Å². The average molecular weight is 445 g/mol. The second-order valence-electron chi connectivity index (χ2n) is 8.84. The topological polar surface area (TPSA) is 84.2 Å². The average Bonchev–Trinajstić information content (AvgIpc) is 3.41. The van der Waals surface area contributed by atoms with Gasteiger partial charge in [0.05, 0.1) is 11.4 Å². The Morgan fingerprint density at radius 2 is 1.79 bits per heavy atom. The van der Waals surface area contributed by atoms with Gasteiger partial charge in [-0.25, -0.2) is 15.0 Å². The molecule has 1 atom stereocenters. The van der Waals surface area contributed by atoms with Crippen LogP contribution in [0.25, 0.3) is 11.4 Å². The third-order valence-electron chi connectivity index (χ3n) is 6.68. The van der Waals surface area contributed by atoms with Gasteiger partial charge in [0, 0.05) is 57.0 Å². The third kappa shape index (κ3) is 4.37. The van der Waals surface area contributed by atoms with Crippen LogP contribution >= 0.6 is 0 Å². The molecule has 0 radical (unpaired) electrons. The van der Waals surface area contributed by atoms with E-state index in [1.54, 1.807) is 23.9 Å². The molecular formula is C25H28N6O2. The highest BCUT2D eigenvalue weighted by Gasteiger charge is 2.25. The van der Waals surface area contributed by atoms with Crippen molar-refractivity contribution in [2.75, 3.05) is 31.1 Å². The molecule has 4 heterocycles. The van der Waals surface area contributed by atoms with Crippen LogP contribution in [0, 0.1) is 0 Å². The summed E-state index contributed by atoms with van der Waals surface area (Å²) in [6.07, 6.45) is 7.37. The molecule has 2 aliphatic heterocycles. The Morgan fingerprint density at radius 3 is 2.52 bits per heavy atom. The van der Waals surface area contributed by atoms with Crippen molar-refractivity contribution in [2.24, 2.45) is 7.05 Å². The fourth-order valence-electron chi connectivity index (χ4n) is 4.82. The summed E-state index contributed by atoms with van der Waals surface area (Å²) >= 11 is 0. The van der Waals surface area contributed by atoms with Crippen molar-refractivity contribution < 1.29 is 4.79 Å². The summed E-state index contributed by atoms with van der Waals surface area (Å²) in [5, 5.41) is 0. The highest BCUT2D eigenvalue weighted by Crippen LogP contribution is 2.30. The van der Waals surface area contributed by atoms with Gasteiger partial charge in [-0.05, 0) is 49.4 Å². The van der Waals surface area contributed by atoms with Crippen molar-refractivity contribution in [2.45, 2.75) is 31.6 Å². The van der Waals surface area contributed by atoms with Gasteiger partial charge < -0.3 is 9.80 Å². The van der Waals surface area contributed by atoms with Crippen molar-refractivity contribution in [3.8, 4) is 11.4 Å². The fraction of sp³-hybridized carbons (Fsp3) is 0.400. The van der Waals surface area contributed by atoms with Crippen LogP contribution in [0.1, 0.15) is 47.5 Å². The number of hydrogen-bond acceptors (Lipinski definition) is 6. The lowest BCUT2D eigenvalue weighted by molar-refractivity contribution is 0.0793. The number of amides is 1. The van der Waals surface area contributed by atoms with Gasteiger partial charge in [-0.1, -0.05) is 12.1 Å². The van der Waals surface area contributed by atoms with Crippen molar-refractivity contribution >= 4 is 11.9 Å². The minimum Gasteiger partial charge on any atom is -0.342 e. The maximum atomic E-state index is 12.7. The van der Waals surface area contributed by atoms with Crippen LogP contribution < -0.4 is 10.5 Å². The Morgan fingerprint density at radius 1 is 1.00 bits per heavy atom. The molecule has 5 rings (SSSR count). The molecule has 1 unspecified atom stereocenters. The van der Waals surface area contributed by atoms with E-state index in [9.17, 15) is 9.59 Å². The smallest absolute Gasteiger partial charge is 0.255 e. The summed E-state index contributed by atoms with van der Waals surface area (Å²) in [5.74, 6) is 1.10. The number of piperidine rings is 1. The fourth-order valence-corrected chi connectivity index (χ4v) is 4.82. The maximum absolute atomic E-state index is 12.7. The predicted molar refractivity (Wildman–Crippen MR) is 126 cm³/mol. The Balaban J connectivity index is 1.36. The molecule has 8 heteroatoms. The van der Waals surface area contributed by atoms with Crippen LogP contribution in [0.5, 0.6) is 0 Å². The Bertz CT molecular complexity index is 1190. The molecule has 1 aromatic carbocycles. The van der Waals surface area contributed by atoms with Crippen LogP contribution in [-0.4, -0.2) is 56.5 Å². The number of aromatic nitrogens is 4. The molecule has 33 heavy (non-hydrogen) atoms. The summed E-state index contributed by atoms with van der Waals surface area (Å²) in [7, 11) is 1.76. The lowest BCUT2D eigenvalue weighted by Crippen LogP contribution is -2.38. The van der Waals surface area contributed by atoms with Crippen LogP contribution in [0.15, 0.2) is 53.7 Å². The molecular weight excluding hydrogens is 416 g/mol. The van der Waals surface area contributed by atoms with Gasteiger partial charge in [0.1, 0.15) is 6.33 Å². The summed E-state index contributed by atoms with van der Waals surface area (Å²) in [4.78, 5) is 42.4. The quantitative estimate of drug-likeness (QED) is 0.615. The largest absolute Gasteiger partial charge is 0.342 e. The van der Waals surface area contributed by atoms with E-state index in [0.717, 1.165) is 57.4 Å². The zero-order valence-electron chi connectivity index (χ0n) is 18.9. The van der Waals surface area contributed by atoms with E-state index in [0.29, 0.717) is 23.3 Å². The van der Waals surface area contributed by atoms with E-state index in [1.807, 2.05) is 17.0 Å². The summed E-state index contributed by atoms with van der Waals surface area (Å²) in [5.41, 5.74) is 3.06. The minimum atomic E-state index is -0.111. The second kappa shape index (κ2) is 9.13. The van der Waals surface area contributed by atoms with Crippen molar-refractivity contribution in [3.63, 3.8) is 0 Å². The number of hydrogen-bond donors (Lipinski definition) is 0. The minimum absolute atomic E-state index is 0.111. The molecule has 0 N–H and O–H groups in total. The molecule has 0 bridgehead atoms. The van der Waals surface area contributed by atoms with E-state index in [4.69, 9.17) is 4.98 Å². The van der Waals surface area contributed by atoms with Crippen LogP contribution in [0.4, 0.5) is 5.95 Å². The first kappa shape index (κ1) is 21.3. The number of rotatable bonds is 4. The van der Waals surface area contributed by atoms with E-state index in [1.165, 1.54) is 18.0 Å². The van der Waals surface area contributed by atoms with Crippen molar-refractivity contribution in [3.05, 3.63) is 70.4 Å². The summed E-state index contributed by atoms with van der Waals surface area (Å²) < 4.78 is 1.60. The molecule has 8 nitrogen and oxygen atoms in total. The van der Waals surface area contributed by atoms with E-state index in [2.05, 4.69) is 27.0 Å². The maximum Gasteiger partial charge on any atom is 0.255 e. The molecule has 0 spiro atoms. The first-order chi connectivity index (χ1) is 16.1.